The molecule has 3 N–H and O–H groups in total. The Morgan fingerprint density at radius 2 is 2.32 bits per heavy atom. The summed E-state index contributed by atoms with van der Waals surface area (Å²) in [5, 5.41) is 2.28. The van der Waals surface area contributed by atoms with Crippen molar-refractivity contribution < 1.29 is 9.13 Å². The summed E-state index contributed by atoms with van der Waals surface area (Å²) >= 11 is 7.53. The van der Waals surface area contributed by atoms with Crippen LogP contribution >= 0.6 is 22.9 Å². The number of rotatable bonds is 5. The van der Waals surface area contributed by atoms with Crippen LogP contribution in [-0.2, 0) is 6.42 Å². The molecule has 1 unspecified atom stereocenters. The molecule has 1 aromatic carbocycles. The number of nitrogens with one attached hydrogen (secondary N) is 1. The first-order chi connectivity index (χ1) is 9.15. The number of hydrazine groups is 1. The average molecular weight is 301 g/mol. The van der Waals surface area contributed by atoms with Crippen LogP contribution in [-0.4, -0.2) is 7.11 Å². The molecule has 0 amide bonds. The molecule has 1 atom stereocenters. The van der Waals surface area contributed by atoms with Crippen molar-refractivity contribution in [3.05, 3.63) is 50.9 Å². The molecule has 2 aromatic rings. The van der Waals surface area contributed by atoms with Crippen molar-refractivity contribution in [2.75, 3.05) is 7.11 Å². The van der Waals surface area contributed by atoms with Gasteiger partial charge in [-0.2, -0.15) is 0 Å². The van der Waals surface area contributed by atoms with Crippen molar-refractivity contribution in [3.8, 4) is 5.75 Å². The third-order valence-corrected chi connectivity index (χ3v) is 4.22. The van der Waals surface area contributed by atoms with E-state index in [1.807, 2.05) is 11.4 Å². The molecule has 0 aliphatic rings. The predicted molar refractivity (Wildman–Crippen MR) is 76.0 cm³/mol. The van der Waals surface area contributed by atoms with E-state index in [2.05, 4.69) is 5.43 Å². The van der Waals surface area contributed by atoms with Gasteiger partial charge in [0.2, 0.25) is 0 Å². The molecule has 102 valence electrons. The van der Waals surface area contributed by atoms with Gasteiger partial charge in [-0.1, -0.05) is 17.7 Å². The Morgan fingerprint density at radius 1 is 1.53 bits per heavy atom. The highest BCUT2D eigenvalue weighted by Crippen LogP contribution is 2.31. The highest BCUT2D eigenvalue weighted by atomic mass is 35.5. The Balaban J connectivity index is 2.24. The number of nitrogens with two attached hydrogens (primary N) is 1. The van der Waals surface area contributed by atoms with Gasteiger partial charge >= 0.3 is 0 Å². The van der Waals surface area contributed by atoms with Crippen LogP contribution in [0, 0.1) is 5.82 Å². The van der Waals surface area contributed by atoms with Crippen molar-refractivity contribution in [1.29, 1.82) is 0 Å². The summed E-state index contributed by atoms with van der Waals surface area (Å²) in [6.45, 7) is 0. The first kappa shape index (κ1) is 14.3. The molecule has 0 saturated carbocycles. The minimum absolute atomic E-state index is 0.205. The van der Waals surface area contributed by atoms with E-state index in [1.54, 1.807) is 19.2 Å². The zero-order chi connectivity index (χ0) is 13.8. The van der Waals surface area contributed by atoms with Gasteiger partial charge in [-0.3, -0.25) is 11.3 Å². The molecule has 6 heteroatoms. The monoisotopic (exact) mass is 300 g/mol. The second kappa shape index (κ2) is 6.34. The number of benzene rings is 1. The van der Waals surface area contributed by atoms with Crippen LogP contribution < -0.4 is 16.0 Å². The Morgan fingerprint density at radius 3 is 2.89 bits per heavy atom. The van der Waals surface area contributed by atoms with Gasteiger partial charge in [-0.15, -0.1) is 11.3 Å². The van der Waals surface area contributed by atoms with Crippen LogP contribution in [0.5, 0.6) is 5.75 Å². The van der Waals surface area contributed by atoms with E-state index in [4.69, 9.17) is 22.2 Å². The average Bonchev–Trinajstić information content (AvgIpc) is 2.87. The van der Waals surface area contributed by atoms with E-state index in [9.17, 15) is 4.39 Å². The quantitative estimate of drug-likeness (QED) is 0.658. The van der Waals surface area contributed by atoms with Crippen molar-refractivity contribution in [2.24, 2.45) is 5.84 Å². The number of methoxy groups -OCH3 is 1. The second-order valence-electron chi connectivity index (χ2n) is 4.01. The fourth-order valence-electron chi connectivity index (χ4n) is 1.80. The maximum Gasteiger partial charge on any atom is 0.129 e. The van der Waals surface area contributed by atoms with Gasteiger partial charge in [0, 0.05) is 20.8 Å². The SMILES string of the molecule is COc1csc(C(Cc2c(F)cccc2Cl)NN)c1. The van der Waals surface area contributed by atoms with Crippen LogP contribution in [0.25, 0.3) is 0 Å². The van der Waals surface area contributed by atoms with Crippen molar-refractivity contribution in [2.45, 2.75) is 12.5 Å². The molecule has 0 aliphatic carbocycles. The summed E-state index contributed by atoms with van der Waals surface area (Å²) in [6, 6.07) is 6.32. The molecular formula is C13H14ClFN2OS. The third-order valence-electron chi connectivity index (χ3n) is 2.85. The normalized spacial score (nSPS) is 12.4. The Labute approximate surface area is 120 Å². The van der Waals surface area contributed by atoms with Crippen LogP contribution in [0.4, 0.5) is 4.39 Å². The number of hydrogen-bond acceptors (Lipinski definition) is 4. The van der Waals surface area contributed by atoms with Crippen LogP contribution in [0.1, 0.15) is 16.5 Å². The highest BCUT2D eigenvalue weighted by Gasteiger charge is 2.17. The van der Waals surface area contributed by atoms with Gasteiger partial charge in [0.15, 0.2) is 0 Å². The minimum Gasteiger partial charge on any atom is -0.496 e. The molecule has 0 aliphatic heterocycles. The molecule has 0 saturated heterocycles. The lowest BCUT2D eigenvalue weighted by molar-refractivity contribution is 0.415. The summed E-state index contributed by atoms with van der Waals surface area (Å²) in [5.74, 6) is 5.99. The molecular weight excluding hydrogens is 287 g/mol. The van der Waals surface area contributed by atoms with E-state index < -0.39 is 0 Å². The van der Waals surface area contributed by atoms with Crippen LogP contribution in [0.3, 0.4) is 0 Å². The van der Waals surface area contributed by atoms with E-state index in [-0.39, 0.29) is 11.9 Å². The third kappa shape index (κ3) is 3.25. The lowest BCUT2D eigenvalue weighted by Gasteiger charge is -2.15. The van der Waals surface area contributed by atoms with E-state index in [1.165, 1.54) is 17.4 Å². The van der Waals surface area contributed by atoms with Gasteiger partial charge in [-0.05, 0) is 24.6 Å². The minimum atomic E-state index is -0.323. The maximum atomic E-state index is 13.8. The Kier molecular flexibility index (Phi) is 4.76. The fraction of sp³-hybridized carbons (Fsp3) is 0.231. The molecule has 3 nitrogen and oxygen atoms in total. The van der Waals surface area contributed by atoms with Crippen LogP contribution in [0.15, 0.2) is 29.6 Å². The van der Waals surface area contributed by atoms with Crippen molar-refractivity contribution in [1.82, 2.24) is 5.43 Å². The van der Waals surface area contributed by atoms with Crippen molar-refractivity contribution in [3.63, 3.8) is 0 Å². The van der Waals surface area contributed by atoms with E-state index in [0.717, 1.165) is 10.6 Å². The number of thiophene rings is 1. The molecule has 1 heterocycles. The van der Waals surface area contributed by atoms with Gasteiger partial charge in [0.25, 0.3) is 0 Å². The van der Waals surface area contributed by atoms with Gasteiger partial charge in [0.05, 0.1) is 13.2 Å². The number of ether oxygens (including phenoxy) is 1. The molecule has 1 aromatic heterocycles. The summed E-state index contributed by atoms with van der Waals surface area (Å²) in [5.41, 5.74) is 3.15. The topological polar surface area (TPSA) is 47.3 Å². The predicted octanol–water partition coefficient (Wildman–Crippen LogP) is 3.30. The van der Waals surface area contributed by atoms with Gasteiger partial charge < -0.3 is 4.74 Å². The molecule has 0 spiro atoms. The lowest BCUT2D eigenvalue weighted by Crippen LogP contribution is -2.29. The van der Waals surface area contributed by atoms with Gasteiger partial charge in [-0.25, -0.2) is 4.39 Å². The molecule has 0 radical (unpaired) electrons. The lowest BCUT2D eigenvalue weighted by atomic mass is 10.0. The second-order valence-corrected chi connectivity index (χ2v) is 5.36. The zero-order valence-electron chi connectivity index (χ0n) is 10.3. The van der Waals surface area contributed by atoms with Crippen LogP contribution in [0.2, 0.25) is 5.02 Å². The molecule has 0 fully saturated rings. The van der Waals surface area contributed by atoms with E-state index >= 15 is 0 Å². The summed E-state index contributed by atoms with van der Waals surface area (Å²) in [4.78, 5) is 0.971. The fourth-order valence-corrected chi connectivity index (χ4v) is 2.95. The molecule has 19 heavy (non-hydrogen) atoms. The smallest absolute Gasteiger partial charge is 0.129 e. The largest absolute Gasteiger partial charge is 0.496 e. The first-order valence-corrected chi connectivity index (χ1v) is 6.93. The number of halogens is 2. The highest BCUT2D eigenvalue weighted by molar-refractivity contribution is 7.10. The van der Waals surface area contributed by atoms with E-state index in [0.29, 0.717) is 17.0 Å². The zero-order valence-corrected chi connectivity index (χ0v) is 11.9. The van der Waals surface area contributed by atoms with Gasteiger partial charge in [0.1, 0.15) is 11.6 Å². The maximum absolute atomic E-state index is 13.8. The standard InChI is InChI=1S/C13H14ClFN2OS/c1-18-8-5-13(19-7-8)12(17-16)6-9-10(14)3-2-4-11(9)15/h2-5,7,12,17H,6,16H2,1H3. The molecule has 2 rings (SSSR count). The summed E-state index contributed by atoms with van der Waals surface area (Å²) in [6.07, 6.45) is 0.381. The molecule has 0 bridgehead atoms. The Bertz CT molecular complexity index is 541. The first-order valence-electron chi connectivity index (χ1n) is 5.67. The number of hydrogen-bond donors (Lipinski definition) is 2. The summed E-state index contributed by atoms with van der Waals surface area (Å²) in [7, 11) is 1.60. The Hall–Kier alpha value is -1.14. The summed E-state index contributed by atoms with van der Waals surface area (Å²) < 4.78 is 18.9. The van der Waals surface area contributed by atoms with Crippen molar-refractivity contribution >= 4 is 22.9 Å².